The van der Waals surface area contributed by atoms with Crippen LogP contribution in [0.15, 0.2) is 23.8 Å². The molecular weight excluding hydrogens is 246 g/mol. The number of rotatable bonds is 7. The predicted octanol–water partition coefficient (Wildman–Crippen LogP) is 2.61. The third-order valence-electron chi connectivity index (χ3n) is 2.84. The molecule has 98 valence electrons. The van der Waals surface area contributed by atoms with E-state index in [1.165, 1.54) is 10.4 Å². The summed E-state index contributed by atoms with van der Waals surface area (Å²) in [6, 6.07) is 2.20. The van der Waals surface area contributed by atoms with E-state index in [-0.39, 0.29) is 0 Å². The molecule has 1 N–H and O–H groups in total. The zero-order valence-corrected chi connectivity index (χ0v) is 11.7. The maximum absolute atomic E-state index is 5.02. The van der Waals surface area contributed by atoms with Crippen molar-refractivity contribution in [3.8, 4) is 0 Å². The van der Waals surface area contributed by atoms with Crippen molar-refractivity contribution in [3.05, 3.63) is 34.3 Å². The second-order valence-electron chi connectivity index (χ2n) is 4.02. The van der Waals surface area contributed by atoms with Crippen molar-refractivity contribution in [3.63, 3.8) is 0 Å². The van der Waals surface area contributed by atoms with E-state index >= 15 is 0 Å². The molecule has 0 saturated heterocycles. The van der Waals surface area contributed by atoms with E-state index in [2.05, 4.69) is 33.2 Å². The molecule has 2 rings (SSSR count). The Bertz CT molecular complexity index is 478. The van der Waals surface area contributed by atoms with Gasteiger partial charge in [-0.1, -0.05) is 6.92 Å². The van der Waals surface area contributed by atoms with Crippen molar-refractivity contribution in [1.29, 1.82) is 0 Å². The van der Waals surface area contributed by atoms with Crippen LogP contribution in [0.3, 0.4) is 0 Å². The molecule has 0 aliphatic rings. The van der Waals surface area contributed by atoms with Crippen molar-refractivity contribution in [2.45, 2.75) is 19.9 Å². The van der Waals surface area contributed by atoms with E-state index < -0.39 is 0 Å². The van der Waals surface area contributed by atoms with Crippen molar-refractivity contribution in [1.82, 2.24) is 9.55 Å². The number of aryl methyl sites for hydroxylation is 1. The van der Waals surface area contributed by atoms with Gasteiger partial charge in [-0.3, -0.25) is 0 Å². The van der Waals surface area contributed by atoms with Crippen LogP contribution < -0.4 is 5.32 Å². The van der Waals surface area contributed by atoms with Gasteiger partial charge in [-0.05, 0) is 23.4 Å². The molecule has 2 heterocycles. The first-order valence-corrected chi connectivity index (χ1v) is 7.02. The third-order valence-corrected chi connectivity index (χ3v) is 3.79. The number of imidazole rings is 1. The highest BCUT2D eigenvalue weighted by atomic mass is 32.1. The van der Waals surface area contributed by atoms with Crippen molar-refractivity contribution >= 4 is 17.3 Å². The third kappa shape index (κ3) is 3.11. The van der Waals surface area contributed by atoms with Gasteiger partial charge in [0.2, 0.25) is 5.95 Å². The Morgan fingerprint density at radius 3 is 3.17 bits per heavy atom. The van der Waals surface area contributed by atoms with Gasteiger partial charge in [0.15, 0.2) is 0 Å². The van der Waals surface area contributed by atoms with Gasteiger partial charge >= 0.3 is 0 Å². The van der Waals surface area contributed by atoms with E-state index in [0.29, 0.717) is 6.61 Å². The molecule has 2 aromatic rings. The molecule has 0 aromatic carbocycles. The lowest BCUT2D eigenvalue weighted by atomic mass is 10.2. The summed E-state index contributed by atoms with van der Waals surface area (Å²) in [5.41, 5.74) is 1.43. The van der Waals surface area contributed by atoms with Gasteiger partial charge in [0, 0.05) is 30.9 Å². The molecule has 0 aliphatic heterocycles. The minimum absolute atomic E-state index is 0.687. The molecule has 0 unspecified atom stereocenters. The second-order valence-corrected chi connectivity index (χ2v) is 5.02. The van der Waals surface area contributed by atoms with E-state index in [4.69, 9.17) is 4.74 Å². The predicted molar refractivity (Wildman–Crippen MR) is 75.4 cm³/mol. The molecule has 5 heteroatoms. The fraction of sp³-hybridized carbons (Fsp3) is 0.462. The van der Waals surface area contributed by atoms with E-state index in [0.717, 1.165) is 25.5 Å². The van der Waals surface area contributed by atoms with Gasteiger partial charge in [-0.2, -0.15) is 0 Å². The minimum atomic E-state index is 0.687. The number of nitrogens with one attached hydrogen (secondary N) is 1. The van der Waals surface area contributed by atoms with Gasteiger partial charge in [0.25, 0.3) is 0 Å². The zero-order chi connectivity index (χ0) is 12.8. The molecule has 2 aromatic heterocycles. The Balaban J connectivity index is 2.03. The van der Waals surface area contributed by atoms with E-state index in [1.54, 1.807) is 7.11 Å². The first-order valence-electron chi connectivity index (χ1n) is 6.14. The molecule has 0 bridgehead atoms. The zero-order valence-electron chi connectivity index (χ0n) is 10.8. The van der Waals surface area contributed by atoms with Crippen molar-refractivity contribution in [2.24, 2.45) is 0 Å². The van der Waals surface area contributed by atoms with E-state index in [9.17, 15) is 0 Å². The Kier molecular flexibility index (Phi) is 4.78. The number of hydrogen-bond acceptors (Lipinski definition) is 4. The summed E-state index contributed by atoms with van der Waals surface area (Å²) in [6.07, 6.45) is 4.92. The summed E-state index contributed by atoms with van der Waals surface area (Å²) >= 11 is 1.81. The monoisotopic (exact) mass is 265 g/mol. The van der Waals surface area contributed by atoms with Gasteiger partial charge in [-0.15, -0.1) is 11.3 Å². The summed E-state index contributed by atoms with van der Waals surface area (Å²) in [5, 5.41) is 5.43. The maximum atomic E-state index is 5.02. The molecule has 0 radical (unpaired) electrons. The van der Waals surface area contributed by atoms with Crippen LogP contribution in [0.2, 0.25) is 0 Å². The van der Waals surface area contributed by atoms with Crippen LogP contribution in [0.5, 0.6) is 0 Å². The number of aromatic nitrogens is 2. The van der Waals surface area contributed by atoms with Gasteiger partial charge in [-0.25, -0.2) is 4.98 Å². The summed E-state index contributed by atoms with van der Waals surface area (Å²) in [4.78, 5) is 5.73. The molecule has 0 atom stereocenters. The highest BCUT2D eigenvalue weighted by Gasteiger charge is 2.06. The first-order chi connectivity index (χ1) is 8.85. The van der Waals surface area contributed by atoms with E-state index in [1.807, 2.05) is 23.7 Å². The summed E-state index contributed by atoms with van der Waals surface area (Å²) in [6.45, 7) is 4.54. The fourth-order valence-electron chi connectivity index (χ4n) is 1.84. The topological polar surface area (TPSA) is 39.1 Å². The van der Waals surface area contributed by atoms with Crippen LogP contribution in [0, 0.1) is 0 Å². The lowest BCUT2D eigenvalue weighted by Gasteiger charge is -2.09. The largest absolute Gasteiger partial charge is 0.383 e. The summed E-state index contributed by atoms with van der Waals surface area (Å²) in [5.74, 6) is 0.905. The van der Waals surface area contributed by atoms with Gasteiger partial charge in [0.05, 0.1) is 13.2 Å². The van der Waals surface area contributed by atoms with Crippen LogP contribution in [0.1, 0.15) is 17.4 Å². The molecule has 18 heavy (non-hydrogen) atoms. The smallest absolute Gasteiger partial charge is 0.203 e. The number of thiophene rings is 1. The van der Waals surface area contributed by atoms with Crippen LogP contribution >= 0.6 is 11.3 Å². The molecule has 0 amide bonds. The average Bonchev–Trinajstić information content (AvgIpc) is 3.00. The molecule has 4 nitrogen and oxygen atoms in total. The SMILES string of the molecule is CCc1ccsc1Cn1ccnc1NCCOC. The lowest BCUT2D eigenvalue weighted by Crippen LogP contribution is -2.12. The number of nitrogens with zero attached hydrogens (tertiary/aromatic N) is 2. The quantitative estimate of drug-likeness (QED) is 0.782. The highest BCUT2D eigenvalue weighted by molar-refractivity contribution is 7.10. The first kappa shape index (κ1) is 13.1. The summed E-state index contributed by atoms with van der Waals surface area (Å²) < 4.78 is 7.16. The Labute approximate surface area is 112 Å². The molecule has 0 fully saturated rings. The van der Waals surface area contributed by atoms with Crippen molar-refractivity contribution in [2.75, 3.05) is 25.6 Å². The molecule has 0 saturated carbocycles. The molecule has 0 spiro atoms. The molecular formula is C13H19N3OS. The van der Waals surface area contributed by atoms with Gasteiger partial charge in [0.1, 0.15) is 0 Å². The molecule has 0 aliphatic carbocycles. The lowest BCUT2D eigenvalue weighted by molar-refractivity contribution is 0.210. The fourth-order valence-corrected chi connectivity index (χ4v) is 2.82. The maximum Gasteiger partial charge on any atom is 0.203 e. The highest BCUT2D eigenvalue weighted by Crippen LogP contribution is 2.20. The number of methoxy groups -OCH3 is 1. The Morgan fingerprint density at radius 2 is 2.39 bits per heavy atom. The van der Waals surface area contributed by atoms with Crippen LogP contribution in [-0.4, -0.2) is 29.8 Å². The number of ether oxygens (including phenoxy) is 1. The van der Waals surface area contributed by atoms with Crippen LogP contribution in [0.4, 0.5) is 5.95 Å². The Morgan fingerprint density at radius 1 is 1.50 bits per heavy atom. The Hall–Kier alpha value is -1.33. The minimum Gasteiger partial charge on any atom is -0.383 e. The summed E-state index contributed by atoms with van der Waals surface area (Å²) in [7, 11) is 1.70. The average molecular weight is 265 g/mol. The van der Waals surface area contributed by atoms with Crippen LogP contribution in [0.25, 0.3) is 0 Å². The van der Waals surface area contributed by atoms with Crippen molar-refractivity contribution < 1.29 is 4.74 Å². The number of hydrogen-bond donors (Lipinski definition) is 1. The standard InChI is InChI=1S/C13H19N3OS/c1-3-11-4-9-18-12(11)10-16-7-5-14-13(16)15-6-8-17-2/h4-5,7,9H,3,6,8,10H2,1-2H3,(H,14,15). The van der Waals surface area contributed by atoms with Gasteiger partial charge < -0.3 is 14.6 Å². The number of anilines is 1. The second kappa shape index (κ2) is 6.56. The van der Waals surface area contributed by atoms with Crippen LogP contribution in [-0.2, 0) is 17.7 Å². The normalized spacial score (nSPS) is 10.8.